The van der Waals surface area contributed by atoms with E-state index in [1.807, 2.05) is 56.3 Å². The van der Waals surface area contributed by atoms with E-state index in [9.17, 15) is 4.79 Å². The second-order valence-electron chi connectivity index (χ2n) is 9.22. The van der Waals surface area contributed by atoms with E-state index in [0.717, 1.165) is 40.7 Å². The predicted molar refractivity (Wildman–Crippen MR) is 139 cm³/mol. The molecule has 0 aliphatic heterocycles. The molecule has 4 aromatic rings. The van der Waals surface area contributed by atoms with E-state index >= 15 is 0 Å². The molecule has 0 spiro atoms. The van der Waals surface area contributed by atoms with Gasteiger partial charge in [0.2, 0.25) is 0 Å². The Hall–Kier alpha value is -4.14. The van der Waals surface area contributed by atoms with Crippen LogP contribution in [0.1, 0.15) is 39.5 Å². The fourth-order valence-electron chi connectivity index (χ4n) is 4.35. The topological polar surface area (TPSA) is 114 Å². The molecule has 186 valence electrons. The number of hydrogen-bond donors (Lipinski definition) is 3. The fourth-order valence-corrected chi connectivity index (χ4v) is 4.35. The van der Waals surface area contributed by atoms with E-state index in [0.29, 0.717) is 17.4 Å². The van der Waals surface area contributed by atoms with Gasteiger partial charge in [0.25, 0.3) is 5.91 Å². The van der Waals surface area contributed by atoms with Gasteiger partial charge in [-0.3, -0.25) is 9.89 Å². The number of nitrogens with zero attached hydrogens (tertiary/aromatic N) is 3. The molecule has 2 aromatic heterocycles. The second-order valence-corrected chi connectivity index (χ2v) is 9.22. The molecule has 9 heteroatoms. The number of carbonyl (C=O) groups is 1. The highest BCUT2D eigenvalue weighted by Gasteiger charge is 2.17. The number of aromatic amines is 1. The smallest absolute Gasteiger partial charge is 0.258 e. The van der Waals surface area contributed by atoms with Gasteiger partial charge in [-0.15, -0.1) is 0 Å². The van der Waals surface area contributed by atoms with Crippen LogP contribution in [-0.2, 0) is 4.79 Å². The van der Waals surface area contributed by atoms with Gasteiger partial charge in [0, 0.05) is 23.2 Å². The van der Waals surface area contributed by atoms with E-state index in [1.54, 1.807) is 12.4 Å². The highest BCUT2D eigenvalue weighted by molar-refractivity contribution is 5.93. The minimum Gasteiger partial charge on any atom is -0.491 e. The maximum atomic E-state index is 12.3. The number of ether oxygens (including phenoxy) is 2. The number of fused-ring (bicyclic) bond motifs is 1. The van der Waals surface area contributed by atoms with Crippen LogP contribution in [0.3, 0.4) is 0 Å². The molecule has 0 unspecified atom stereocenters. The summed E-state index contributed by atoms with van der Waals surface area (Å²) in [5.41, 5.74) is 2.33. The minimum atomic E-state index is -0.0970. The molecule has 1 aliphatic rings. The lowest BCUT2D eigenvalue weighted by Crippen LogP contribution is -2.36. The molecule has 0 atom stereocenters. The van der Waals surface area contributed by atoms with Crippen LogP contribution < -0.4 is 20.1 Å². The molecule has 2 heterocycles. The van der Waals surface area contributed by atoms with E-state index in [4.69, 9.17) is 19.4 Å². The summed E-state index contributed by atoms with van der Waals surface area (Å²) in [6.45, 7) is 3.95. The SMILES string of the molecule is CC(C)Oc1ccc2nc(-c3cccc(OCC(=O)NC4CCCC4)c3)nc(Nc3cn[nH]c3)c2c1. The maximum Gasteiger partial charge on any atom is 0.258 e. The lowest BCUT2D eigenvalue weighted by atomic mass is 10.1. The largest absolute Gasteiger partial charge is 0.491 e. The van der Waals surface area contributed by atoms with Crippen molar-refractivity contribution in [2.24, 2.45) is 0 Å². The molecule has 1 saturated carbocycles. The molecule has 3 N–H and O–H groups in total. The van der Waals surface area contributed by atoms with Crippen molar-refractivity contribution in [3.05, 3.63) is 54.9 Å². The van der Waals surface area contributed by atoms with Gasteiger partial charge in [-0.2, -0.15) is 5.10 Å². The molecule has 5 rings (SSSR count). The van der Waals surface area contributed by atoms with Crippen molar-refractivity contribution >= 4 is 28.3 Å². The zero-order chi connectivity index (χ0) is 24.9. The third-order valence-corrected chi connectivity index (χ3v) is 5.98. The van der Waals surface area contributed by atoms with E-state index in [2.05, 4.69) is 20.8 Å². The average molecular weight is 487 g/mol. The summed E-state index contributed by atoms with van der Waals surface area (Å²) >= 11 is 0. The number of H-pyrrole nitrogens is 1. The van der Waals surface area contributed by atoms with Crippen molar-refractivity contribution in [3.8, 4) is 22.9 Å². The van der Waals surface area contributed by atoms with Gasteiger partial charge in [-0.25, -0.2) is 9.97 Å². The number of anilines is 2. The highest BCUT2D eigenvalue weighted by Crippen LogP contribution is 2.31. The van der Waals surface area contributed by atoms with Crippen LogP contribution in [0.5, 0.6) is 11.5 Å². The molecule has 1 fully saturated rings. The molecule has 0 radical (unpaired) electrons. The molecular weight excluding hydrogens is 456 g/mol. The van der Waals surface area contributed by atoms with Crippen LogP contribution in [0.2, 0.25) is 0 Å². The van der Waals surface area contributed by atoms with Gasteiger partial charge in [0.05, 0.1) is 23.5 Å². The van der Waals surface area contributed by atoms with E-state index in [-0.39, 0.29) is 24.7 Å². The van der Waals surface area contributed by atoms with E-state index in [1.165, 1.54) is 12.8 Å². The molecular formula is C27H30N6O3. The Morgan fingerprint density at radius 3 is 2.75 bits per heavy atom. The van der Waals surface area contributed by atoms with Gasteiger partial charge < -0.3 is 20.1 Å². The summed E-state index contributed by atoms with van der Waals surface area (Å²) in [7, 11) is 0. The lowest BCUT2D eigenvalue weighted by molar-refractivity contribution is -0.123. The van der Waals surface area contributed by atoms with Crippen LogP contribution in [0.4, 0.5) is 11.5 Å². The van der Waals surface area contributed by atoms with Gasteiger partial charge in [0.15, 0.2) is 12.4 Å². The van der Waals surface area contributed by atoms with Gasteiger partial charge in [-0.1, -0.05) is 25.0 Å². The van der Waals surface area contributed by atoms with E-state index < -0.39 is 0 Å². The second kappa shape index (κ2) is 10.6. The third kappa shape index (κ3) is 5.73. The lowest BCUT2D eigenvalue weighted by Gasteiger charge is -2.14. The number of amides is 1. The minimum absolute atomic E-state index is 0.0234. The van der Waals surface area contributed by atoms with Gasteiger partial charge in [-0.05, 0) is 57.0 Å². The Bertz CT molecular complexity index is 1330. The normalized spacial score (nSPS) is 13.8. The standard InChI is InChI=1S/C27H30N6O3/c1-17(2)36-22-10-11-24-23(13-22)27(31-20-14-28-29-15-20)33-26(32-24)18-6-5-9-21(12-18)35-16-25(34)30-19-7-3-4-8-19/h5-6,9-15,17,19H,3-4,7-8,16H2,1-2H3,(H,28,29)(H,30,34)(H,31,32,33). The first-order valence-corrected chi connectivity index (χ1v) is 12.3. The Balaban J connectivity index is 1.41. The fraction of sp³-hybridized carbons (Fsp3) is 0.333. The summed E-state index contributed by atoms with van der Waals surface area (Å²) in [5.74, 6) is 2.40. The Kier molecular flexibility index (Phi) is 6.97. The number of benzene rings is 2. The number of carbonyl (C=O) groups excluding carboxylic acids is 1. The summed E-state index contributed by atoms with van der Waals surface area (Å²) in [6, 6.07) is 13.5. The molecule has 1 amide bonds. The molecule has 2 aromatic carbocycles. The summed E-state index contributed by atoms with van der Waals surface area (Å²) in [5, 5.41) is 14.0. The monoisotopic (exact) mass is 486 g/mol. The first-order valence-electron chi connectivity index (χ1n) is 12.3. The first kappa shape index (κ1) is 23.6. The number of nitrogens with one attached hydrogen (secondary N) is 3. The molecule has 0 saturated heterocycles. The Morgan fingerprint density at radius 1 is 1.11 bits per heavy atom. The molecule has 1 aliphatic carbocycles. The number of hydrogen-bond acceptors (Lipinski definition) is 7. The summed E-state index contributed by atoms with van der Waals surface area (Å²) in [6.07, 6.45) is 7.92. The van der Waals surface area contributed by atoms with Crippen molar-refractivity contribution in [2.75, 3.05) is 11.9 Å². The summed E-state index contributed by atoms with van der Waals surface area (Å²) in [4.78, 5) is 21.9. The summed E-state index contributed by atoms with van der Waals surface area (Å²) < 4.78 is 11.7. The zero-order valence-corrected chi connectivity index (χ0v) is 20.5. The van der Waals surface area contributed by atoms with Gasteiger partial charge in [0.1, 0.15) is 17.3 Å². The Morgan fingerprint density at radius 2 is 1.97 bits per heavy atom. The number of aromatic nitrogens is 4. The van der Waals surface area contributed by atoms with Crippen molar-refractivity contribution in [1.29, 1.82) is 0 Å². The van der Waals surface area contributed by atoms with Crippen molar-refractivity contribution in [3.63, 3.8) is 0 Å². The van der Waals surface area contributed by atoms with Crippen molar-refractivity contribution < 1.29 is 14.3 Å². The molecule has 9 nitrogen and oxygen atoms in total. The zero-order valence-electron chi connectivity index (χ0n) is 20.5. The first-order chi connectivity index (χ1) is 17.5. The van der Waals surface area contributed by atoms with Crippen LogP contribution in [0.15, 0.2) is 54.9 Å². The van der Waals surface area contributed by atoms with Crippen molar-refractivity contribution in [1.82, 2.24) is 25.5 Å². The molecule has 36 heavy (non-hydrogen) atoms. The van der Waals surface area contributed by atoms with Crippen LogP contribution in [0, 0.1) is 0 Å². The Labute approximate surface area is 209 Å². The number of rotatable bonds is 9. The third-order valence-electron chi connectivity index (χ3n) is 5.98. The van der Waals surface area contributed by atoms with Crippen LogP contribution in [-0.4, -0.2) is 44.8 Å². The average Bonchev–Trinajstić information content (AvgIpc) is 3.57. The highest BCUT2D eigenvalue weighted by atomic mass is 16.5. The van der Waals surface area contributed by atoms with Crippen LogP contribution >= 0.6 is 0 Å². The maximum absolute atomic E-state index is 12.3. The molecule has 0 bridgehead atoms. The quantitative estimate of drug-likeness (QED) is 0.305. The predicted octanol–water partition coefficient (Wildman–Crippen LogP) is 4.99. The van der Waals surface area contributed by atoms with Crippen molar-refractivity contribution in [2.45, 2.75) is 51.7 Å². The van der Waals surface area contributed by atoms with Crippen LogP contribution in [0.25, 0.3) is 22.3 Å². The van der Waals surface area contributed by atoms with Gasteiger partial charge >= 0.3 is 0 Å².